The Morgan fingerprint density at radius 3 is 1.09 bits per heavy atom. The zero-order valence-corrected chi connectivity index (χ0v) is 31.5. The minimum absolute atomic E-state index is 0.0692. The van der Waals surface area contributed by atoms with Gasteiger partial charge in [-0.05, 0) is 49.2 Å². The normalized spacial score (nSPS) is 12.1. The summed E-state index contributed by atoms with van der Waals surface area (Å²) in [6.45, 7) is 3.41. The Morgan fingerprint density at radius 2 is 0.778 bits per heavy atom. The molecule has 20 heteroatoms. The highest BCUT2D eigenvalue weighted by Crippen LogP contribution is 2.49. The Morgan fingerprint density at radius 1 is 0.463 bits per heavy atom. The maximum Gasteiger partial charge on any atom is 0.333 e. The fourth-order valence-electron chi connectivity index (χ4n) is 5.35. The molecule has 0 aliphatic carbocycles. The van der Waals surface area contributed by atoms with Crippen LogP contribution in [0.4, 0.5) is 21.0 Å². The third-order valence-corrected chi connectivity index (χ3v) is 12.3. The summed E-state index contributed by atoms with van der Waals surface area (Å²) in [6, 6.07) is 21.6. The smallest absolute Gasteiger partial charge is 0.305 e. The van der Waals surface area contributed by atoms with Crippen molar-refractivity contribution in [1.82, 2.24) is 9.44 Å². The first-order valence-corrected chi connectivity index (χ1v) is 21.5. The summed E-state index contributed by atoms with van der Waals surface area (Å²) in [7, 11) is -19.4. The largest absolute Gasteiger partial charge is 0.333 e. The van der Waals surface area contributed by atoms with Gasteiger partial charge in [0.25, 0.3) is 20.0 Å². The van der Waals surface area contributed by atoms with Gasteiger partial charge in [0.2, 0.25) is 20.0 Å². The van der Waals surface area contributed by atoms with Crippen molar-refractivity contribution >= 4 is 63.5 Å². The number of nitrogens with one attached hydrogen (secondary N) is 4. The molecule has 0 aromatic heterocycles. The van der Waals surface area contributed by atoms with Crippen LogP contribution < -0.4 is 30.4 Å². The molecule has 4 amide bonds. The molecule has 0 atom stereocenters. The number of carbonyl (C=O) groups is 2. The molecule has 8 N–H and O–H groups in total. The number of hydrogen-bond acceptors (Lipinski definition) is 10. The summed E-state index contributed by atoms with van der Waals surface area (Å²) >= 11 is 0. The monoisotopic (exact) mass is 812 g/mol. The summed E-state index contributed by atoms with van der Waals surface area (Å²) in [4.78, 5) is 24.5. The summed E-state index contributed by atoms with van der Waals surface area (Å²) in [5, 5.41) is 15.9. The maximum atomic E-state index is 13.6. The predicted octanol–water partition coefficient (Wildman–Crippen LogP) is 3.95. The van der Waals surface area contributed by atoms with Crippen molar-refractivity contribution in [3.8, 4) is 22.3 Å². The maximum absolute atomic E-state index is 13.6. The van der Waals surface area contributed by atoms with Crippen LogP contribution in [0.5, 0.6) is 0 Å². The van der Waals surface area contributed by atoms with Gasteiger partial charge in [-0.15, -0.1) is 0 Å². The van der Waals surface area contributed by atoms with Crippen molar-refractivity contribution in [2.45, 2.75) is 33.4 Å². The molecule has 5 rings (SSSR count). The first kappa shape index (κ1) is 39.6. The molecule has 16 nitrogen and oxygen atoms in total. The Kier molecular flexibility index (Phi) is 11.0. The van der Waals surface area contributed by atoms with E-state index in [9.17, 15) is 43.3 Å². The number of anilines is 2. The van der Waals surface area contributed by atoms with E-state index in [1.165, 1.54) is 109 Å². The first-order chi connectivity index (χ1) is 25.2. The van der Waals surface area contributed by atoms with Gasteiger partial charge in [-0.25, -0.2) is 63.0 Å². The number of amides is 4. The van der Waals surface area contributed by atoms with Crippen molar-refractivity contribution in [2.75, 3.05) is 10.6 Å². The quantitative estimate of drug-likeness (QED) is 0.118. The van der Waals surface area contributed by atoms with E-state index in [2.05, 4.69) is 10.6 Å². The summed E-state index contributed by atoms with van der Waals surface area (Å²) in [5.74, 6) is 0. The number of benzene rings is 5. The number of sulfonamides is 4. The van der Waals surface area contributed by atoms with Crippen LogP contribution in [0.15, 0.2) is 129 Å². The number of aryl methyl sites for hydroxylation is 2. The van der Waals surface area contributed by atoms with E-state index in [1.807, 2.05) is 0 Å². The molecule has 0 aliphatic heterocycles. The lowest BCUT2D eigenvalue weighted by atomic mass is 9.95. The molecular formula is C34H32N6O10S4. The molecule has 0 saturated heterocycles. The molecule has 0 fully saturated rings. The van der Waals surface area contributed by atoms with Gasteiger partial charge >= 0.3 is 12.1 Å². The van der Waals surface area contributed by atoms with Crippen LogP contribution in [0, 0.1) is 13.8 Å². The van der Waals surface area contributed by atoms with Crippen LogP contribution in [-0.2, 0) is 40.1 Å². The van der Waals surface area contributed by atoms with Crippen molar-refractivity contribution in [3.05, 3.63) is 120 Å². The number of primary sulfonamides is 2. The van der Waals surface area contributed by atoms with Gasteiger partial charge < -0.3 is 10.6 Å². The van der Waals surface area contributed by atoms with Crippen LogP contribution in [0.25, 0.3) is 22.3 Å². The van der Waals surface area contributed by atoms with E-state index in [-0.39, 0.29) is 20.9 Å². The van der Waals surface area contributed by atoms with Crippen molar-refractivity contribution in [1.29, 1.82) is 0 Å². The molecule has 0 bridgehead atoms. The standard InChI is InChI=1S/C34H32N6O10S4/c1-21-13-17-25(18-14-21)53(47,48)39-33(41)37-29-27(23-9-5-3-6-10-23)30(38-34(42)40-54(49,50)26-19-15-22(2)16-20-26)32(52(36,45)46)28(31(29)51(35,43)44)24-11-7-4-8-12-24/h3-20H,1-2H3,(H2,35,43,44)(H2,36,45,46)(H2,37,39,41)(H2,38,40,42). The highest BCUT2D eigenvalue weighted by atomic mass is 32.2. The lowest BCUT2D eigenvalue weighted by molar-refractivity contribution is 0.255. The molecular weight excluding hydrogens is 781 g/mol. The zero-order valence-electron chi connectivity index (χ0n) is 28.3. The Hall–Kier alpha value is -5.64. The minimum Gasteiger partial charge on any atom is -0.305 e. The van der Waals surface area contributed by atoms with Crippen molar-refractivity contribution in [3.63, 3.8) is 0 Å². The fraction of sp³-hybridized carbons (Fsp3) is 0.0588. The van der Waals surface area contributed by atoms with Crippen LogP contribution in [0.2, 0.25) is 0 Å². The van der Waals surface area contributed by atoms with Gasteiger partial charge in [0.1, 0.15) is 9.79 Å². The molecule has 0 radical (unpaired) electrons. The van der Waals surface area contributed by atoms with Gasteiger partial charge in [-0.3, -0.25) is 0 Å². The second kappa shape index (κ2) is 15.0. The molecule has 5 aromatic carbocycles. The van der Waals surface area contributed by atoms with Gasteiger partial charge in [0, 0.05) is 11.1 Å². The molecule has 5 aromatic rings. The second-order valence-corrected chi connectivity index (χ2v) is 18.1. The summed E-state index contributed by atoms with van der Waals surface area (Å²) in [6.07, 6.45) is 0. The van der Waals surface area contributed by atoms with E-state index < -0.39 is 84.4 Å². The number of urea groups is 2. The SMILES string of the molecule is Cc1ccc(S(=O)(=O)NC(=O)Nc2c(-c3ccccc3)c(NC(=O)NS(=O)(=O)c3ccc(C)cc3)c(S(N)(=O)=O)c(-c3ccccc3)c2S(N)(=O)=O)cc1. The van der Waals surface area contributed by atoms with Gasteiger partial charge in [-0.2, -0.15) is 0 Å². The van der Waals surface area contributed by atoms with E-state index in [1.54, 1.807) is 23.3 Å². The van der Waals surface area contributed by atoms with Crippen molar-refractivity contribution < 1.29 is 43.3 Å². The van der Waals surface area contributed by atoms with Crippen LogP contribution in [-0.4, -0.2) is 45.7 Å². The lowest BCUT2D eigenvalue weighted by Crippen LogP contribution is -2.36. The molecule has 0 heterocycles. The molecule has 54 heavy (non-hydrogen) atoms. The molecule has 0 aliphatic rings. The highest BCUT2D eigenvalue weighted by Gasteiger charge is 2.37. The van der Waals surface area contributed by atoms with Crippen LogP contribution in [0.3, 0.4) is 0 Å². The zero-order chi connectivity index (χ0) is 39.6. The third kappa shape index (κ3) is 8.76. The Bertz CT molecular complexity index is 2560. The average Bonchev–Trinajstić information content (AvgIpc) is 3.07. The summed E-state index contributed by atoms with van der Waals surface area (Å²) in [5.41, 5.74) is -1.71. The van der Waals surface area contributed by atoms with Gasteiger partial charge in [-0.1, -0.05) is 96.1 Å². The predicted molar refractivity (Wildman–Crippen MR) is 201 cm³/mol. The lowest BCUT2D eigenvalue weighted by Gasteiger charge is -2.26. The van der Waals surface area contributed by atoms with Crippen LogP contribution >= 0.6 is 0 Å². The van der Waals surface area contributed by atoms with E-state index in [0.29, 0.717) is 11.1 Å². The first-order valence-electron chi connectivity index (χ1n) is 15.4. The summed E-state index contributed by atoms with van der Waals surface area (Å²) < 4.78 is 111. The van der Waals surface area contributed by atoms with Gasteiger partial charge in [0.15, 0.2) is 0 Å². The Balaban J connectivity index is 1.84. The minimum atomic E-state index is -5.12. The number of carbonyl (C=O) groups excluding carboxylic acids is 2. The number of rotatable bonds is 10. The molecule has 0 spiro atoms. The topological polar surface area (TPSA) is 271 Å². The van der Waals surface area contributed by atoms with Crippen molar-refractivity contribution in [2.24, 2.45) is 10.3 Å². The van der Waals surface area contributed by atoms with E-state index in [4.69, 9.17) is 10.3 Å². The van der Waals surface area contributed by atoms with E-state index in [0.717, 1.165) is 0 Å². The van der Waals surface area contributed by atoms with Gasteiger partial charge in [0.05, 0.1) is 21.2 Å². The molecule has 282 valence electrons. The third-order valence-electron chi connectivity index (χ3n) is 7.70. The van der Waals surface area contributed by atoms with E-state index >= 15 is 0 Å². The second-order valence-electron chi connectivity index (χ2n) is 11.7. The fourth-order valence-corrected chi connectivity index (χ4v) is 9.11. The van der Waals surface area contributed by atoms with Crippen LogP contribution in [0.1, 0.15) is 11.1 Å². The average molecular weight is 813 g/mol. The number of hydrogen-bond donors (Lipinski definition) is 6. The molecule has 0 unspecified atom stereocenters. The number of nitrogens with two attached hydrogens (primary N) is 2. The highest BCUT2D eigenvalue weighted by molar-refractivity contribution is 7.91. The Labute approximate surface area is 311 Å². The molecule has 0 saturated carbocycles.